The summed E-state index contributed by atoms with van der Waals surface area (Å²) >= 11 is 1.17. The molecule has 1 amide bonds. The van der Waals surface area contributed by atoms with Gasteiger partial charge in [-0.05, 0) is 25.1 Å². The van der Waals surface area contributed by atoms with E-state index in [1.807, 2.05) is 13.0 Å². The summed E-state index contributed by atoms with van der Waals surface area (Å²) in [6.07, 6.45) is 0. The topological polar surface area (TPSA) is 104 Å². The highest BCUT2D eigenvalue weighted by atomic mass is 32.2. The molecule has 0 atom stereocenters. The third-order valence-electron chi connectivity index (χ3n) is 2.65. The lowest BCUT2D eigenvalue weighted by atomic mass is 10.2. The van der Waals surface area contributed by atoms with E-state index in [-0.39, 0.29) is 17.3 Å². The van der Waals surface area contributed by atoms with Crippen LogP contribution in [0.25, 0.3) is 0 Å². The summed E-state index contributed by atoms with van der Waals surface area (Å²) in [7, 11) is 0. The molecule has 21 heavy (non-hydrogen) atoms. The number of hydrogen-bond donors (Lipinski definition) is 2. The number of benzene rings is 1. The van der Waals surface area contributed by atoms with Gasteiger partial charge in [0, 0.05) is 12.2 Å². The van der Waals surface area contributed by atoms with Gasteiger partial charge in [-0.25, -0.2) is 9.89 Å². The molecule has 7 nitrogen and oxygen atoms in total. The van der Waals surface area contributed by atoms with Gasteiger partial charge in [-0.1, -0.05) is 17.8 Å². The molecular formula is C13H13N5O2S. The van der Waals surface area contributed by atoms with Crippen molar-refractivity contribution in [3.63, 3.8) is 0 Å². The highest BCUT2D eigenvalue weighted by Gasteiger charge is 2.10. The second kappa shape index (κ2) is 6.76. The number of aromatic amines is 1. The molecule has 2 aromatic rings. The molecule has 8 heteroatoms. The minimum atomic E-state index is -0.290. The fourth-order valence-electron chi connectivity index (χ4n) is 1.69. The van der Waals surface area contributed by atoms with Gasteiger partial charge in [0.25, 0.3) is 0 Å². The van der Waals surface area contributed by atoms with Gasteiger partial charge in [0.1, 0.15) is 0 Å². The molecular weight excluding hydrogens is 290 g/mol. The molecule has 2 N–H and O–H groups in total. The van der Waals surface area contributed by atoms with Gasteiger partial charge >= 0.3 is 5.69 Å². The molecule has 0 spiro atoms. The van der Waals surface area contributed by atoms with Crippen LogP contribution in [0.5, 0.6) is 0 Å². The number of carbonyl (C=O) groups excluding carboxylic acids is 1. The Balaban J connectivity index is 1.96. The number of carbonyl (C=O) groups is 1. The maximum Gasteiger partial charge on any atom is 0.343 e. The number of nitrogens with one attached hydrogen (secondary N) is 2. The van der Waals surface area contributed by atoms with Crippen molar-refractivity contribution in [3.05, 3.63) is 40.3 Å². The van der Waals surface area contributed by atoms with Crippen molar-refractivity contribution >= 4 is 23.4 Å². The first-order valence-electron chi connectivity index (χ1n) is 6.22. The minimum absolute atomic E-state index is 0.126. The van der Waals surface area contributed by atoms with Crippen molar-refractivity contribution < 1.29 is 4.79 Å². The fraction of sp³-hybridized carbons (Fsp3) is 0.231. The first-order valence-corrected chi connectivity index (χ1v) is 7.20. The summed E-state index contributed by atoms with van der Waals surface area (Å²) in [4.78, 5) is 23.2. The second-order valence-corrected chi connectivity index (χ2v) is 5.03. The lowest BCUT2D eigenvalue weighted by molar-refractivity contribution is -0.113. The number of H-pyrrole nitrogens is 1. The molecule has 108 valence electrons. The Morgan fingerprint density at radius 2 is 2.38 bits per heavy atom. The molecule has 0 saturated carbocycles. The van der Waals surface area contributed by atoms with Crippen molar-refractivity contribution in [2.75, 3.05) is 11.1 Å². The number of nitriles is 1. The van der Waals surface area contributed by atoms with E-state index >= 15 is 0 Å². The molecule has 1 aromatic heterocycles. The van der Waals surface area contributed by atoms with Crippen molar-refractivity contribution in [3.8, 4) is 6.07 Å². The van der Waals surface area contributed by atoms with E-state index in [0.29, 0.717) is 23.0 Å². The smallest absolute Gasteiger partial charge is 0.325 e. The van der Waals surface area contributed by atoms with Crippen LogP contribution in [0.2, 0.25) is 0 Å². The van der Waals surface area contributed by atoms with Crippen molar-refractivity contribution in [1.29, 1.82) is 5.26 Å². The van der Waals surface area contributed by atoms with Crippen LogP contribution >= 0.6 is 11.8 Å². The largest absolute Gasteiger partial charge is 0.343 e. The lowest BCUT2D eigenvalue weighted by Crippen LogP contribution is -2.17. The van der Waals surface area contributed by atoms with Crippen molar-refractivity contribution in [2.24, 2.45) is 0 Å². The van der Waals surface area contributed by atoms with E-state index in [2.05, 4.69) is 15.5 Å². The van der Waals surface area contributed by atoms with Crippen LogP contribution in [0.1, 0.15) is 12.5 Å². The summed E-state index contributed by atoms with van der Waals surface area (Å²) in [5, 5.41) is 18.2. The van der Waals surface area contributed by atoms with Crippen molar-refractivity contribution in [2.45, 2.75) is 18.6 Å². The summed E-state index contributed by atoms with van der Waals surface area (Å²) in [6.45, 7) is 2.32. The van der Waals surface area contributed by atoms with Gasteiger partial charge in [0.2, 0.25) is 5.91 Å². The molecule has 0 fully saturated rings. The molecule has 2 rings (SSSR count). The number of thioether (sulfide) groups is 1. The van der Waals surface area contributed by atoms with Gasteiger partial charge in [0.15, 0.2) is 5.16 Å². The molecule has 0 aliphatic rings. The Labute approximate surface area is 125 Å². The second-order valence-electron chi connectivity index (χ2n) is 4.09. The van der Waals surface area contributed by atoms with Gasteiger partial charge in [-0.15, -0.1) is 5.10 Å². The van der Waals surface area contributed by atoms with Gasteiger partial charge in [-0.2, -0.15) is 5.26 Å². The molecule has 0 aliphatic carbocycles. The fourth-order valence-corrected chi connectivity index (χ4v) is 2.50. The zero-order chi connectivity index (χ0) is 15.2. The normalized spacial score (nSPS) is 10.1. The standard InChI is InChI=1S/C13H13N5O2S/c1-2-18-12(20)16-17-13(18)21-8-11(19)15-10-5-3-4-9(6-10)7-14/h3-6H,2,8H2,1H3,(H,15,19)(H,16,20). The molecule has 0 unspecified atom stereocenters. The third kappa shape index (κ3) is 3.73. The SMILES string of the molecule is CCn1c(SCC(=O)Nc2cccc(C#N)c2)n[nH]c1=O. The first-order chi connectivity index (χ1) is 10.1. The predicted octanol–water partition coefficient (Wildman–Crippen LogP) is 1.19. The maximum absolute atomic E-state index is 11.9. The van der Waals surface area contributed by atoms with E-state index in [4.69, 9.17) is 5.26 Å². The summed E-state index contributed by atoms with van der Waals surface area (Å²) in [5.41, 5.74) is 0.754. The number of aromatic nitrogens is 3. The molecule has 0 radical (unpaired) electrons. The molecule has 0 saturated heterocycles. The van der Waals surface area contributed by atoms with E-state index in [1.165, 1.54) is 16.3 Å². The number of hydrogen-bond acceptors (Lipinski definition) is 5. The van der Waals surface area contributed by atoms with Gasteiger partial charge in [0.05, 0.1) is 17.4 Å². The van der Waals surface area contributed by atoms with Crippen molar-refractivity contribution in [1.82, 2.24) is 14.8 Å². The highest BCUT2D eigenvalue weighted by Crippen LogP contribution is 2.14. The molecule has 1 heterocycles. The van der Waals surface area contributed by atoms with Crippen LogP contribution in [0.4, 0.5) is 5.69 Å². The Morgan fingerprint density at radius 3 is 3.10 bits per heavy atom. The van der Waals surface area contributed by atoms with E-state index in [0.717, 1.165) is 0 Å². The Bertz CT molecular complexity index is 744. The number of rotatable bonds is 5. The first kappa shape index (κ1) is 14.9. The van der Waals surface area contributed by atoms with E-state index < -0.39 is 0 Å². The quantitative estimate of drug-likeness (QED) is 0.808. The van der Waals surface area contributed by atoms with E-state index in [1.54, 1.807) is 24.3 Å². The van der Waals surface area contributed by atoms with Crippen LogP contribution in [0.3, 0.4) is 0 Å². The molecule has 1 aromatic carbocycles. The molecule has 0 bridgehead atoms. The number of amides is 1. The number of nitrogens with zero attached hydrogens (tertiary/aromatic N) is 3. The number of anilines is 1. The van der Waals surface area contributed by atoms with Crippen LogP contribution in [-0.4, -0.2) is 26.4 Å². The van der Waals surface area contributed by atoms with Crippen LogP contribution in [0.15, 0.2) is 34.2 Å². The van der Waals surface area contributed by atoms with E-state index in [9.17, 15) is 9.59 Å². The Morgan fingerprint density at radius 1 is 1.57 bits per heavy atom. The predicted molar refractivity (Wildman–Crippen MR) is 79.0 cm³/mol. The summed E-state index contributed by atoms with van der Waals surface area (Å²) in [6, 6.07) is 8.67. The average molecular weight is 303 g/mol. The van der Waals surface area contributed by atoms with Crippen LogP contribution < -0.4 is 11.0 Å². The summed E-state index contributed by atoms with van der Waals surface area (Å²) in [5.74, 6) is -0.102. The Hall–Kier alpha value is -2.53. The van der Waals surface area contributed by atoms with Gasteiger partial charge < -0.3 is 5.32 Å². The maximum atomic E-state index is 11.9. The zero-order valence-electron chi connectivity index (χ0n) is 11.3. The monoisotopic (exact) mass is 303 g/mol. The Kier molecular flexibility index (Phi) is 4.79. The van der Waals surface area contributed by atoms with Crippen LogP contribution in [-0.2, 0) is 11.3 Å². The average Bonchev–Trinajstić information content (AvgIpc) is 2.85. The zero-order valence-corrected chi connectivity index (χ0v) is 12.1. The molecule has 0 aliphatic heterocycles. The minimum Gasteiger partial charge on any atom is -0.325 e. The third-order valence-corrected chi connectivity index (χ3v) is 3.62. The van der Waals surface area contributed by atoms with Crippen LogP contribution in [0, 0.1) is 11.3 Å². The summed E-state index contributed by atoms with van der Waals surface area (Å²) < 4.78 is 1.45. The van der Waals surface area contributed by atoms with Gasteiger partial charge in [-0.3, -0.25) is 9.36 Å². The lowest BCUT2D eigenvalue weighted by Gasteiger charge is -2.05. The highest BCUT2D eigenvalue weighted by molar-refractivity contribution is 7.99.